The molecule has 1 saturated heterocycles. The Morgan fingerprint density at radius 3 is 2.57 bits per heavy atom. The molecule has 3 aromatic rings. The van der Waals surface area contributed by atoms with Gasteiger partial charge < -0.3 is 5.32 Å². The molecule has 0 radical (unpaired) electrons. The molecule has 1 fully saturated rings. The van der Waals surface area contributed by atoms with Crippen LogP contribution in [0.1, 0.15) is 16.8 Å². The number of nitrogens with one attached hydrogen (secondary N) is 1. The maximum Gasteiger partial charge on any atom is 0.255 e. The van der Waals surface area contributed by atoms with Crippen LogP contribution in [0.3, 0.4) is 0 Å². The predicted molar refractivity (Wildman–Crippen MR) is 107 cm³/mol. The lowest BCUT2D eigenvalue weighted by Gasteiger charge is -2.17. The molecular formula is C18H16ClN5O3S. The van der Waals surface area contributed by atoms with Crippen LogP contribution in [0.15, 0.2) is 55.1 Å². The summed E-state index contributed by atoms with van der Waals surface area (Å²) in [5, 5.41) is 7.30. The standard InChI is InChI=1S/C18H16ClN5O3S/c19-15-3-1-4-16(17(15)23-12-20-11-21-23)22-18(25)13-5-7-14(8-6-13)24-9-2-10-28(24,26)27/h1,3-8,11-12H,2,9-10H2,(H,22,25). The number of hydrogen-bond donors (Lipinski definition) is 1. The number of sulfonamides is 1. The molecule has 0 aliphatic carbocycles. The van der Waals surface area contributed by atoms with Crippen molar-refractivity contribution in [3.05, 3.63) is 65.7 Å². The van der Waals surface area contributed by atoms with Gasteiger partial charge in [0.2, 0.25) is 10.0 Å². The Morgan fingerprint density at radius 2 is 1.93 bits per heavy atom. The van der Waals surface area contributed by atoms with E-state index in [1.165, 1.54) is 21.6 Å². The highest BCUT2D eigenvalue weighted by molar-refractivity contribution is 7.93. The molecule has 0 saturated carbocycles. The lowest BCUT2D eigenvalue weighted by atomic mass is 10.1. The minimum Gasteiger partial charge on any atom is -0.320 e. The molecule has 2 heterocycles. The van der Waals surface area contributed by atoms with Crippen LogP contribution in [0.5, 0.6) is 0 Å². The first-order valence-electron chi connectivity index (χ1n) is 8.51. The molecule has 1 N–H and O–H groups in total. The number of carbonyl (C=O) groups is 1. The molecule has 10 heteroatoms. The van der Waals surface area contributed by atoms with Crippen molar-refractivity contribution < 1.29 is 13.2 Å². The van der Waals surface area contributed by atoms with Crippen molar-refractivity contribution in [3.63, 3.8) is 0 Å². The summed E-state index contributed by atoms with van der Waals surface area (Å²) in [6.45, 7) is 0.456. The van der Waals surface area contributed by atoms with Gasteiger partial charge in [0, 0.05) is 12.1 Å². The Morgan fingerprint density at radius 1 is 1.14 bits per heavy atom. The molecule has 0 unspecified atom stereocenters. The lowest BCUT2D eigenvalue weighted by Crippen LogP contribution is -2.25. The van der Waals surface area contributed by atoms with E-state index in [-0.39, 0.29) is 11.7 Å². The summed E-state index contributed by atoms with van der Waals surface area (Å²) in [4.78, 5) is 16.6. The van der Waals surface area contributed by atoms with Gasteiger partial charge in [0.25, 0.3) is 5.91 Å². The van der Waals surface area contributed by atoms with Gasteiger partial charge in [-0.2, -0.15) is 5.10 Å². The average molecular weight is 418 g/mol. The summed E-state index contributed by atoms with van der Waals surface area (Å²) in [6.07, 6.45) is 3.46. The van der Waals surface area contributed by atoms with Gasteiger partial charge in [-0.05, 0) is 42.8 Å². The van der Waals surface area contributed by atoms with Crippen LogP contribution in [0.4, 0.5) is 11.4 Å². The monoisotopic (exact) mass is 417 g/mol. The van der Waals surface area contributed by atoms with Crippen LogP contribution >= 0.6 is 11.6 Å². The number of halogens is 1. The van der Waals surface area contributed by atoms with E-state index in [1.807, 2.05) is 0 Å². The van der Waals surface area contributed by atoms with E-state index in [0.29, 0.717) is 40.6 Å². The summed E-state index contributed by atoms with van der Waals surface area (Å²) in [7, 11) is -3.25. The molecular weight excluding hydrogens is 402 g/mol. The summed E-state index contributed by atoms with van der Waals surface area (Å²) in [6, 6.07) is 11.6. The van der Waals surface area contributed by atoms with E-state index in [9.17, 15) is 13.2 Å². The number of rotatable bonds is 4. The fraction of sp³-hybridized carbons (Fsp3) is 0.167. The zero-order valence-corrected chi connectivity index (χ0v) is 16.2. The second kappa shape index (κ2) is 7.25. The van der Waals surface area contributed by atoms with Crippen LogP contribution in [-0.4, -0.2) is 41.4 Å². The molecule has 144 valence electrons. The number of hydrogen-bond acceptors (Lipinski definition) is 5. The normalized spacial score (nSPS) is 15.5. The molecule has 28 heavy (non-hydrogen) atoms. The van der Waals surface area contributed by atoms with Gasteiger partial charge in [0.15, 0.2) is 0 Å². The zero-order valence-electron chi connectivity index (χ0n) is 14.6. The molecule has 4 rings (SSSR count). The van der Waals surface area contributed by atoms with Crippen LogP contribution in [0.2, 0.25) is 5.02 Å². The SMILES string of the molecule is O=C(Nc1cccc(Cl)c1-n1cncn1)c1ccc(N2CCCS2(=O)=O)cc1. The number of anilines is 2. The van der Waals surface area contributed by atoms with Crippen molar-refractivity contribution in [2.24, 2.45) is 0 Å². The summed E-state index contributed by atoms with van der Waals surface area (Å²) in [5.74, 6) is -0.200. The van der Waals surface area contributed by atoms with Gasteiger partial charge in [0.1, 0.15) is 18.3 Å². The number of benzene rings is 2. The third kappa shape index (κ3) is 3.46. The van der Waals surface area contributed by atoms with E-state index in [1.54, 1.807) is 42.5 Å². The number of nitrogens with zero attached hydrogens (tertiary/aromatic N) is 4. The van der Waals surface area contributed by atoms with Crippen molar-refractivity contribution >= 4 is 38.9 Å². The fourth-order valence-corrected chi connectivity index (χ4v) is 4.90. The fourth-order valence-electron chi connectivity index (χ4n) is 3.08. The number of para-hydroxylation sites is 1. The molecule has 1 amide bonds. The first kappa shape index (κ1) is 18.5. The van der Waals surface area contributed by atoms with E-state index in [4.69, 9.17) is 11.6 Å². The Bertz CT molecular complexity index is 1110. The Kier molecular flexibility index (Phi) is 4.78. The van der Waals surface area contributed by atoms with E-state index < -0.39 is 10.0 Å². The van der Waals surface area contributed by atoms with Crippen LogP contribution in [0.25, 0.3) is 5.69 Å². The molecule has 0 atom stereocenters. The second-order valence-corrected chi connectivity index (χ2v) is 8.64. The Labute approximate surface area is 166 Å². The summed E-state index contributed by atoms with van der Waals surface area (Å²) in [5.41, 5.74) is 1.94. The molecule has 0 spiro atoms. The first-order chi connectivity index (χ1) is 13.5. The third-order valence-electron chi connectivity index (χ3n) is 4.40. The number of carbonyl (C=O) groups excluding carboxylic acids is 1. The quantitative estimate of drug-likeness (QED) is 0.703. The molecule has 2 aromatic carbocycles. The Balaban J connectivity index is 1.58. The summed E-state index contributed by atoms with van der Waals surface area (Å²) < 4.78 is 26.9. The molecule has 0 bridgehead atoms. The second-order valence-electron chi connectivity index (χ2n) is 6.22. The number of aromatic nitrogens is 3. The number of amides is 1. The maximum atomic E-state index is 12.7. The van der Waals surface area contributed by atoms with Crippen molar-refractivity contribution in [2.75, 3.05) is 21.9 Å². The predicted octanol–water partition coefficient (Wildman–Crippen LogP) is 2.71. The smallest absolute Gasteiger partial charge is 0.255 e. The third-order valence-corrected chi connectivity index (χ3v) is 6.57. The molecule has 1 aliphatic rings. The topological polar surface area (TPSA) is 97.2 Å². The summed E-state index contributed by atoms with van der Waals surface area (Å²) >= 11 is 6.27. The van der Waals surface area contributed by atoms with Crippen molar-refractivity contribution in [1.82, 2.24) is 14.8 Å². The lowest BCUT2D eigenvalue weighted by molar-refractivity contribution is 0.102. The highest BCUT2D eigenvalue weighted by Crippen LogP contribution is 2.29. The van der Waals surface area contributed by atoms with Gasteiger partial charge in [-0.15, -0.1) is 0 Å². The van der Waals surface area contributed by atoms with Crippen LogP contribution < -0.4 is 9.62 Å². The molecule has 1 aromatic heterocycles. The van der Waals surface area contributed by atoms with Crippen LogP contribution in [-0.2, 0) is 10.0 Å². The van der Waals surface area contributed by atoms with Crippen molar-refractivity contribution in [1.29, 1.82) is 0 Å². The largest absolute Gasteiger partial charge is 0.320 e. The minimum atomic E-state index is -3.25. The van der Waals surface area contributed by atoms with Gasteiger partial charge in [-0.25, -0.2) is 18.1 Å². The van der Waals surface area contributed by atoms with Gasteiger partial charge in [-0.3, -0.25) is 9.10 Å². The molecule has 8 nitrogen and oxygen atoms in total. The first-order valence-corrected chi connectivity index (χ1v) is 10.5. The maximum absolute atomic E-state index is 12.7. The van der Waals surface area contributed by atoms with Gasteiger partial charge in [0.05, 0.1) is 22.2 Å². The van der Waals surface area contributed by atoms with Gasteiger partial charge in [-0.1, -0.05) is 17.7 Å². The van der Waals surface area contributed by atoms with Gasteiger partial charge >= 0.3 is 0 Å². The minimum absolute atomic E-state index is 0.148. The van der Waals surface area contributed by atoms with E-state index >= 15 is 0 Å². The van der Waals surface area contributed by atoms with Crippen molar-refractivity contribution in [2.45, 2.75) is 6.42 Å². The van der Waals surface area contributed by atoms with Crippen molar-refractivity contribution in [3.8, 4) is 5.69 Å². The zero-order chi connectivity index (χ0) is 19.7. The average Bonchev–Trinajstić information content (AvgIpc) is 3.31. The highest BCUT2D eigenvalue weighted by atomic mass is 35.5. The van der Waals surface area contributed by atoms with E-state index in [2.05, 4.69) is 15.4 Å². The van der Waals surface area contributed by atoms with E-state index in [0.717, 1.165) is 0 Å². The highest BCUT2D eigenvalue weighted by Gasteiger charge is 2.28. The Hall–Kier alpha value is -2.91. The molecule has 1 aliphatic heterocycles. The van der Waals surface area contributed by atoms with Crippen LogP contribution in [0, 0.1) is 0 Å².